The molecule has 0 radical (unpaired) electrons. The zero-order valence-electron chi connectivity index (χ0n) is 12.7. The van der Waals surface area contributed by atoms with Gasteiger partial charge in [-0.15, -0.1) is 0 Å². The Bertz CT molecular complexity index is 576. The Morgan fingerprint density at radius 1 is 1.20 bits per heavy atom. The molecule has 20 heavy (non-hydrogen) atoms. The van der Waals surface area contributed by atoms with Crippen molar-refractivity contribution < 1.29 is 0 Å². The first-order valence-electron chi connectivity index (χ1n) is 7.94. The number of benzene rings is 1. The first-order chi connectivity index (χ1) is 9.70. The molecule has 2 N–H and O–H groups in total. The van der Waals surface area contributed by atoms with E-state index in [0.717, 1.165) is 18.4 Å². The van der Waals surface area contributed by atoms with Crippen LogP contribution in [0.2, 0.25) is 0 Å². The Morgan fingerprint density at radius 2 is 1.90 bits per heavy atom. The number of hydrogen-bond donors (Lipinski definition) is 1. The second-order valence-corrected chi connectivity index (χ2v) is 6.57. The number of aryl methyl sites for hydroxylation is 1. The fourth-order valence-electron chi connectivity index (χ4n) is 3.93. The van der Waals surface area contributed by atoms with Crippen LogP contribution in [0, 0.1) is 11.8 Å². The van der Waals surface area contributed by atoms with Crippen LogP contribution in [0.15, 0.2) is 30.5 Å². The maximum Gasteiger partial charge on any atom is 0.0480 e. The molecule has 0 saturated heterocycles. The summed E-state index contributed by atoms with van der Waals surface area (Å²) in [6.07, 6.45) is 7.72. The zero-order chi connectivity index (χ0) is 14.1. The van der Waals surface area contributed by atoms with E-state index in [1.807, 2.05) is 0 Å². The highest BCUT2D eigenvalue weighted by molar-refractivity contribution is 5.84. The van der Waals surface area contributed by atoms with Crippen LogP contribution in [0.5, 0.6) is 0 Å². The topological polar surface area (TPSA) is 30.9 Å². The van der Waals surface area contributed by atoms with Gasteiger partial charge in [0.25, 0.3) is 0 Å². The van der Waals surface area contributed by atoms with Crippen molar-refractivity contribution in [2.75, 3.05) is 6.54 Å². The smallest absolute Gasteiger partial charge is 0.0480 e. The van der Waals surface area contributed by atoms with Gasteiger partial charge in [-0.1, -0.05) is 38.0 Å². The Kier molecular flexibility index (Phi) is 3.84. The van der Waals surface area contributed by atoms with E-state index in [4.69, 9.17) is 5.73 Å². The number of hydrogen-bond acceptors (Lipinski definition) is 1. The van der Waals surface area contributed by atoms with Crippen molar-refractivity contribution in [3.8, 4) is 0 Å². The predicted molar refractivity (Wildman–Crippen MR) is 85.8 cm³/mol. The van der Waals surface area contributed by atoms with Crippen molar-refractivity contribution in [1.29, 1.82) is 0 Å². The van der Waals surface area contributed by atoms with Gasteiger partial charge in [-0.25, -0.2) is 0 Å². The van der Waals surface area contributed by atoms with E-state index in [-0.39, 0.29) is 0 Å². The molecule has 1 fully saturated rings. The minimum atomic E-state index is 0.522. The minimum Gasteiger partial charge on any atom is -0.350 e. The van der Waals surface area contributed by atoms with E-state index in [0.29, 0.717) is 5.92 Å². The van der Waals surface area contributed by atoms with Crippen molar-refractivity contribution in [2.24, 2.45) is 24.6 Å². The Morgan fingerprint density at radius 3 is 2.60 bits per heavy atom. The molecule has 2 heteroatoms. The third-order valence-electron chi connectivity index (χ3n) is 5.21. The quantitative estimate of drug-likeness (QED) is 0.896. The summed E-state index contributed by atoms with van der Waals surface area (Å²) >= 11 is 0. The van der Waals surface area contributed by atoms with Gasteiger partial charge in [0.05, 0.1) is 0 Å². The summed E-state index contributed by atoms with van der Waals surface area (Å²) in [7, 11) is 2.14. The van der Waals surface area contributed by atoms with Gasteiger partial charge in [-0.3, -0.25) is 0 Å². The summed E-state index contributed by atoms with van der Waals surface area (Å²) in [5.41, 5.74) is 8.95. The van der Waals surface area contributed by atoms with Gasteiger partial charge in [0.15, 0.2) is 0 Å². The van der Waals surface area contributed by atoms with E-state index in [1.54, 1.807) is 0 Å². The number of aromatic nitrogens is 1. The molecule has 1 unspecified atom stereocenters. The fourth-order valence-corrected chi connectivity index (χ4v) is 3.93. The van der Waals surface area contributed by atoms with E-state index < -0.39 is 0 Å². The van der Waals surface area contributed by atoms with Crippen molar-refractivity contribution >= 4 is 10.9 Å². The normalized spacial score (nSPS) is 24.9. The number of nitrogens with zero attached hydrogens (tertiary/aromatic N) is 1. The molecule has 0 bridgehead atoms. The molecule has 2 aromatic rings. The molecule has 1 aromatic carbocycles. The van der Waals surface area contributed by atoms with Crippen LogP contribution < -0.4 is 5.73 Å². The van der Waals surface area contributed by atoms with E-state index in [1.165, 1.54) is 42.1 Å². The molecule has 0 amide bonds. The summed E-state index contributed by atoms with van der Waals surface area (Å²) in [6.45, 7) is 3.15. The maximum absolute atomic E-state index is 6.16. The largest absolute Gasteiger partial charge is 0.350 e. The number of nitrogens with two attached hydrogens (primary N) is 1. The van der Waals surface area contributed by atoms with Crippen LogP contribution in [0.1, 0.15) is 44.1 Å². The van der Waals surface area contributed by atoms with Gasteiger partial charge >= 0.3 is 0 Å². The lowest BCUT2D eigenvalue weighted by molar-refractivity contribution is 0.256. The fraction of sp³-hybridized carbons (Fsp3) is 0.556. The van der Waals surface area contributed by atoms with Crippen LogP contribution in [0.25, 0.3) is 10.9 Å². The molecule has 1 heterocycles. The van der Waals surface area contributed by atoms with E-state index in [9.17, 15) is 0 Å². The molecular formula is C18H26N2. The highest BCUT2D eigenvalue weighted by atomic mass is 14.9. The summed E-state index contributed by atoms with van der Waals surface area (Å²) < 4.78 is 2.25. The van der Waals surface area contributed by atoms with Gasteiger partial charge in [0.1, 0.15) is 0 Å². The molecule has 1 saturated carbocycles. The van der Waals surface area contributed by atoms with Crippen LogP contribution in [-0.2, 0) is 7.05 Å². The van der Waals surface area contributed by atoms with Gasteiger partial charge in [0, 0.05) is 30.1 Å². The van der Waals surface area contributed by atoms with Gasteiger partial charge < -0.3 is 10.3 Å². The molecule has 1 atom stereocenters. The average Bonchev–Trinajstić information content (AvgIpc) is 2.80. The number of rotatable bonds is 3. The van der Waals surface area contributed by atoms with Gasteiger partial charge in [-0.05, 0) is 42.9 Å². The molecule has 0 spiro atoms. The SMILES string of the molecule is CC1CCC(C(CN)c2cn(C)c3ccccc23)CC1. The van der Waals surface area contributed by atoms with Crippen LogP contribution in [0.3, 0.4) is 0 Å². The van der Waals surface area contributed by atoms with Crippen molar-refractivity contribution in [2.45, 2.75) is 38.5 Å². The lowest BCUT2D eigenvalue weighted by Gasteiger charge is -2.32. The molecule has 2 nitrogen and oxygen atoms in total. The Labute approximate surface area is 122 Å². The maximum atomic E-state index is 6.16. The van der Waals surface area contributed by atoms with E-state index in [2.05, 4.69) is 49.0 Å². The second-order valence-electron chi connectivity index (χ2n) is 6.57. The highest BCUT2D eigenvalue weighted by Gasteiger charge is 2.28. The highest BCUT2D eigenvalue weighted by Crippen LogP contribution is 2.40. The monoisotopic (exact) mass is 270 g/mol. The molecule has 0 aliphatic heterocycles. The first kappa shape index (κ1) is 13.7. The zero-order valence-corrected chi connectivity index (χ0v) is 12.7. The third kappa shape index (κ3) is 2.37. The predicted octanol–water partition coefficient (Wildman–Crippen LogP) is 4.05. The van der Waals surface area contributed by atoms with Crippen LogP contribution >= 0.6 is 0 Å². The number of fused-ring (bicyclic) bond motifs is 1. The molecule has 1 aromatic heterocycles. The minimum absolute atomic E-state index is 0.522. The summed E-state index contributed by atoms with van der Waals surface area (Å²) in [4.78, 5) is 0. The lowest BCUT2D eigenvalue weighted by atomic mass is 9.74. The van der Waals surface area contributed by atoms with Crippen LogP contribution in [0.4, 0.5) is 0 Å². The van der Waals surface area contributed by atoms with Gasteiger partial charge in [-0.2, -0.15) is 0 Å². The summed E-state index contributed by atoms with van der Waals surface area (Å²) in [5, 5.41) is 1.39. The standard InChI is InChI=1S/C18H26N2/c1-13-7-9-14(10-8-13)16(11-19)17-12-20(2)18-6-4-3-5-15(17)18/h3-6,12-14,16H,7-11,19H2,1-2H3. The van der Waals surface area contributed by atoms with Crippen molar-refractivity contribution in [3.05, 3.63) is 36.0 Å². The lowest BCUT2D eigenvalue weighted by Crippen LogP contribution is -2.25. The first-order valence-corrected chi connectivity index (χ1v) is 7.94. The van der Waals surface area contributed by atoms with Crippen molar-refractivity contribution in [3.63, 3.8) is 0 Å². The van der Waals surface area contributed by atoms with Crippen LogP contribution in [-0.4, -0.2) is 11.1 Å². The number of para-hydroxylation sites is 1. The molecule has 3 rings (SSSR count). The summed E-state index contributed by atoms with van der Waals surface area (Å²) in [5.74, 6) is 2.19. The van der Waals surface area contributed by atoms with Crippen molar-refractivity contribution in [1.82, 2.24) is 4.57 Å². The van der Waals surface area contributed by atoms with Gasteiger partial charge in [0.2, 0.25) is 0 Å². The third-order valence-corrected chi connectivity index (χ3v) is 5.21. The molecule has 108 valence electrons. The summed E-state index contributed by atoms with van der Waals surface area (Å²) in [6, 6.07) is 8.71. The molecule has 1 aliphatic rings. The Balaban J connectivity index is 1.95. The molecule has 1 aliphatic carbocycles. The van der Waals surface area contributed by atoms with E-state index >= 15 is 0 Å². The Hall–Kier alpha value is -1.28. The molecular weight excluding hydrogens is 244 g/mol. The average molecular weight is 270 g/mol. The second kappa shape index (κ2) is 5.61.